The van der Waals surface area contributed by atoms with Gasteiger partial charge in [-0.1, -0.05) is 30.3 Å². The first kappa shape index (κ1) is 18.6. The van der Waals surface area contributed by atoms with Crippen molar-refractivity contribution >= 4 is 0 Å². The molecule has 0 N–H and O–H groups in total. The SMILES string of the molecule is COCCN1CCc2ccccc2C12CCN(CCc1cccnc1)CC2. The highest BCUT2D eigenvalue weighted by Gasteiger charge is 2.44. The van der Waals surface area contributed by atoms with Gasteiger partial charge in [-0.25, -0.2) is 0 Å². The van der Waals surface area contributed by atoms with Crippen LogP contribution in [0.5, 0.6) is 0 Å². The van der Waals surface area contributed by atoms with Crippen molar-refractivity contribution in [2.45, 2.75) is 31.2 Å². The van der Waals surface area contributed by atoms with E-state index in [0.717, 1.165) is 52.2 Å². The second-order valence-corrected chi connectivity index (χ2v) is 7.87. The van der Waals surface area contributed by atoms with Crippen LogP contribution in [0.1, 0.15) is 29.5 Å². The molecule has 0 bridgehead atoms. The molecule has 2 aliphatic rings. The zero-order valence-corrected chi connectivity index (χ0v) is 16.4. The number of aromatic nitrogens is 1. The van der Waals surface area contributed by atoms with E-state index in [1.165, 1.54) is 18.4 Å². The van der Waals surface area contributed by atoms with Gasteiger partial charge < -0.3 is 9.64 Å². The quantitative estimate of drug-likeness (QED) is 0.786. The zero-order chi connectivity index (χ0) is 18.5. The first-order chi connectivity index (χ1) is 13.3. The molecule has 1 saturated heterocycles. The maximum Gasteiger partial charge on any atom is 0.0590 e. The van der Waals surface area contributed by atoms with E-state index in [4.69, 9.17) is 4.74 Å². The molecule has 4 heteroatoms. The molecule has 27 heavy (non-hydrogen) atoms. The zero-order valence-electron chi connectivity index (χ0n) is 16.4. The van der Waals surface area contributed by atoms with Gasteiger partial charge in [0.2, 0.25) is 0 Å². The molecule has 0 radical (unpaired) electrons. The van der Waals surface area contributed by atoms with Crippen molar-refractivity contribution in [3.05, 3.63) is 65.5 Å². The van der Waals surface area contributed by atoms with E-state index >= 15 is 0 Å². The largest absolute Gasteiger partial charge is 0.383 e. The first-order valence-electron chi connectivity index (χ1n) is 10.3. The fourth-order valence-corrected chi connectivity index (χ4v) is 4.92. The number of methoxy groups -OCH3 is 1. The summed E-state index contributed by atoms with van der Waals surface area (Å²) in [6, 6.07) is 13.3. The number of hydrogen-bond donors (Lipinski definition) is 0. The summed E-state index contributed by atoms with van der Waals surface area (Å²) in [5.74, 6) is 0. The van der Waals surface area contributed by atoms with Crippen molar-refractivity contribution < 1.29 is 4.74 Å². The summed E-state index contributed by atoms with van der Waals surface area (Å²) >= 11 is 0. The number of hydrogen-bond acceptors (Lipinski definition) is 4. The lowest BCUT2D eigenvalue weighted by Gasteiger charge is -2.52. The molecule has 3 heterocycles. The third-order valence-electron chi connectivity index (χ3n) is 6.46. The molecule has 4 rings (SSSR count). The number of benzene rings is 1. The van der Waals surface area contributed by atoms with Gasteiger partial charge in [0.1, 0.15) is 0 Å². The van der Waals surface area contributed by atoms with Crippen LogP contribution in [0.4, 0.5) is 0 Å². The van der Waals surface area contributed by atoms with Crippen LogP contribution in [-0.4, -0.2) is 61.2 Å². The second-order valence-electron chi connectivity index (χ2n) is 7.87. The predicted octanol–water partition coefficient (Wildman–Crippen LogP) is 3.12. The average Bonchev–Trinajstić information content (AvgIpc) is 2.74. The summed E-state index contributed by atoms with van der Waals surface area (Å²) in [5, 5.41) is 0. The van der Waals surface area contributed by atoms with Crippen molar-refractivity contribution in [1.82, 2.24) is 14.8 Å². The van der Waals surface area contributed by atoms with Crippen molar-refractivity contribution in [2.75, 3.05) is 46.4 Å². The molecule has 0 saturated carbocycles. The third kappa shape index (κ3) is 3.93. The smallest absolute Gasteiger partial charge is 0.0590 e. The van der Waals surface area contributed by atoms with Crippen LogP contribution < -0.4 is 0 Å². The Bertz CT molecular complexity index is 725. The normalized spacial score (nSPS) is 19.9. The molecular weight excluding hydrogens is 334 g/mol. The maximum absolute atomic E-state index is 5.42. The highest BCUT2D eigenvalue weighted by Crippen LogP contribution is 2.43. The van der Waals surface area contributed by atoms with Gasteiger partial charge in [0, 0.05) is 57.8 Å². The Morgan fingerprint density at radius 1 is 1.04 bits per heavy atom. The van der Waals surface area contributed by atoms with E-state index in [2.05, 4.69) is 45.1 Å². The number of piperidine rings is 1. The molecule has 0 unspecified atom stereocenters. The van der Waals surface area contributed by atoms with Crippen molar-refractivity contribution in [3.63, 3.8) is 0 Å². The number of rotatable bonds is 6. The molecule has 0 atom stereocenters. The lowest BCUT2D eigenvalue weighted by Crippen LogP contribution is -2.57. The van der Waals surface area contributed by atoms with Crippen molar-refractivity contribution in [2.24, 2.45) is 0 Å². The second kappa shape index (κ2) is 8.51. The summed E-state index contributed by atoms with van der Waals surface area (Å²) in [5.41, 5.74) is 4.65. The van der Waals surface area contributed by atoms with Crippen LogP contribution in [0.25, 0.3) is 0 Å². The molecular formula is C23H31N3O. The van der Waals surface area contributed by atoms with E-state index < -0.39 is 0 Å². The summed E-state index contributed by atoms with van der Waals surface area (Å²) < 4.78 is 5.42. The molecule has 0 aliphatic carbocycles. The van der Waals surface area contributed by atoms with Crippen LogP contribution in [0, 0.1) is 0 Å². The summed E-state index contributed by atoms with van der Waals surface area (Å²) in [4.78, 5) is 9.58. The third-order valence-corrected chi connectivity index (χ3v) is 6.46. The van der Waals surface area contributed by atoms with E-state index in [1.54, 1.807) is 11.1 Å². The highest BCUT2D eigenvalue weighted by atomic mass is 16.5. The van der Waals surface area contributed by atoms with Gasteiger partial charge in [-0.3, -0.25) is 9.88 Å². The number of nitrogens with zero attached hydrogens (tertiary/aromatic N) is 3. The Morgan fingerprint density at radius 3 is 2.67 bits per heavy atom. The Morgan fingerprint density at radius 2 is 1.89 bits per heavy atom. The van der Waals surface area contributed by atoms with Gasteiger partial charge >= 0.3 is 0 Å². The van der Waals surface area contributed by atoms with E-state index in [0.29, 0.717) is 0 Å². The van der Waals surface area contributed by atoms with Crippen LogP contribution in [0.3, 0.4) is 0 Å². The molecule has 2 aromatic rings. The lowest BCUT2D eigenvalue weighted by atomic mass is 9.74. The molecule has 2 aliphatic heterocycles. The highest BCUT2D eigenvalue weighted by molar-refractivity contribution is 5.37. The number of ether oxygens (including phenoxy) is 1. The van der Waals surface area contributed by atoms with Crippen LogP contribution in [0.2, 0.25) is 0 Å². The molecule has 4 nitrogen and oxygen atoms in total. The molecule has 1 spiro atoms. The van der Waals surface area contributed by atoms with E-state index in [-0.39, 0.29) is 5.54 Å². The first-order valence-corrected chi connectivity index (χ1v) is 10.3. The van der Waals surface area contributed by atoms with E-state index in [1.807, 2.05) is 25.6 Å². The molecule has 1 fully saturated rings. The fraction of sp³-hybridized carbons (Fsp3) is 0.522. The van der Waals surface area contributed by atoms with Gasteiger partial charge in [-0.15, -0.1) is 0 Å². The van der Waals surface area contributed by atoms with Gasteiger partial charge in [-0.2, -0.15) is 0 Å². The minimum atomic E-state index is 0.193. The Balaban J connectivity index is 1.46. The summed E-state index contributed by atoms with van der Waals surface area (Å²) in [7, 11) is 1.81. The average molecular weight is 366 g/mol. The molecule has 0 amide bonds. The van der Waals surface area contributed by atoms with Crippen LogP contribution >= 0.6 is 0 Å². The monoisotopic (exact) mass is 365 g/mol. The van der Waals surface area contributed by atoms with Crippen LogP contribution in [0.15, 0.2) is 48.8 Å². The minimum absolute atomic E-state index is 0.193. The predicted molar refractivity (Wildman–Crippen MR) is 109 cm³/mol. The molecule has 1 aromatic carbocycles. The Hall–Kier alpha value is -1.75. The Kier molecular flexibility index (Phi) is 5.86. The number of fused-ring (bicyclic) bond motifs is 2. The number of pyridine rings is 1. The topological polar surface area (TPSA) is 28.6 Å². The molecule has 144 valence electrons. The maximum atomic E-state index is 5.42. The molecule has 1 aromatic heterocycles. The minimum Gasteiger partial charge on any atom is -0.383 e. The fourth-order valence-electron chi connectivity index (χ4n) is 4.92. The van der Waals surface area contributed by atoms with Gasteiger partial charge in [0.15, 0.2) is 0 Å². The summed E-state index contributed by atoms with van der Waals surface area (Å²) in [6.07, 6.45) is 8.51. The standard InChI is InChI=1S/C23H31N3O/c1-27-18-17-26-14-9-21-6-2-3-7-22(21)23(26)10-15-25(16-11-23)13-8-20-5-4-12-24-19-20/h2-7,12,19H,8-11,13-18H2,1H3. The van der Waals surface area contributed by atoms with Gasteiger partial charge in [0.25, 0.3) is 0 Å². The van der Waals surface area contributed by atoms with Gasteiger partial charge in [0.05, 0.1) is 6.61 Å². The number of likely N-dealkylation sites (tertiary alicyclic amines) is 1. The van der Waals surface area contributed by atoms with Crippen LogP contribution in [-0.2, 0) is 23.1 Å². The summed E-state index contributed by atoms with van der Waals surface area (Å²) in [6.45, 7) is 6.45. The lowest BCUT2D eigenvalue weighted by molar-refractivity contribution is -0.00502. The van der Waals surface area contributed by atoms with E-state index in [9.17, 15) is 0 Å². The van der Waals surface area contributed by atoms with Crippen molar-refractivity contribution in [3.8, 4) is 0 Å². The van der Waals surface area contributed by atoms with Crippen molar-refractivity contribution in [1.29, 1.82) is 0 Å². The Labute approximate surface area is 163 Å². The van der Waals surface area contributed by atoms with Gasteiger partial charge in [-0.05, 0) is 48.4 Å².